The molecule has 0 bridgehead atoms. The van der Waals surface area contributed by atoms with E-state index in [1.165, 1.54) is 4.57 Å². The molecule has 0 spiro atoms. The van der Waals surface area contributed by atoms with Crippen molar-refractivity contribution >= 4 is 33.6 Å². The Hall–Kier alpha value is -4.01. The van der Waals surface area contributed by atoms with Gasteiger partial charge in [-0.2, -0.15) is 5.10 Å². The smallest absolute Gasteiger partial charge is 0.359 e. The molecule has 0 saturated heterocycles. The highest BCUT2D eigenvalue weighted by Gasteiger charge is 2.19. The molecule has 0 aliphatic rings. The molecular formula is C19H14N6O3. The average molecular weight is 374 g/mol. The van der Waals surface area contributed by atoms with Crippen molar-refractivity contribution in [1.82, 2.24) is 29.4 Å². The normalized spacial score (nSPS) is 11.5. The van der Waals surface area contributed by atoms with Crippen LogP contribution in [0.15, 0.2) is 53.3 Å². The highest BCUT2D eigenvalue weighted by molar-refractivity contribution is 6.01. The molecule has 28 heavy (non-hydrogen) atoms. The molecule has 5 rings (SSSR count). The van der Waals surface area contributed by atoms with Gasteiger partial charge in [-0.05, 0) is 18.2 Å². The fraction of sp³-hybridized carbons (Fsp3) is 0.105. The van der Waals surface area contributed by atoms with Crippen LogP contribution in [0.4, 0.5) is 0 Å². The summed E-state index contributed by atoms with van der Waals surface area (Å²) in [7, 11) is 1.63. The standard InChI is InChI=1S/C19H14N6O3/c1-24-17(26)12-7-3-5-9-14(12)25-15(21-23-19(24)25)10-28-18(27)16-11-6-2-4-8-13(11)20-22-16/h2-9H,10H2,1H3,(H,20,22). The number of rotatable bonds is 3. The first-order valence-corrected chi connectivity index (χ1v) is 8.57. The third-order valence-corrected chi connectivity index (χ3v) is 4.69. The SMILES string of the molecule is Cn1c(=O)c2ccccc2n2c(COC(=O)c3n[nH]c4ccccc34)nnc12. The van der Waals surface area contributed by atoms with Crippen LogP contribution in [0.3, 0.4) is 0 Å². The minimum absolute atomic E-state index is 0.108. The van der Waals surface area contributed by atoms with Crippen LogP contribution in [-0.2, 0) is 18.4 Å². The van der Waals surface area contributed by atoms with Gasteiger partial charge < -0.3 is 4.74 Å². The number of H-pyrrole nitrogens is 1. The summed E-state index contributed by atoms with van der Waals surface area (Å²) in [6, 6.07) is 14.5. The van der Waals surface area contributed by atoms with Gasteiger partial charge in [0.1, 0.15) is 0 Å². The number of ether oxygens (including phenoxy) is 1. The van der Waals surface area contributed by atoms with E-state index >= 15 is 0 Å². The van der Waals surface area contributed by atoms with Crippen molar-refractivity contribution < 1.29 is 9.53 Å². The summed E-state index contributed by atoms with van der Waals surface area (Å²) in [6.45, 7) is -0.108. The van der Waals surface area contributed by atoms with Gasteiger partial charge in [-0.25, -0.2) is 4.79 Å². The number of hydrogen-bond donors (Lipinski definition) is 1. The maximum atomic E-state index is 12.5. The van der Waals surface area contributed by atoms with Gasteiger partial charge in [0, 0.05) is 12.4 Å². The lowest BCUT2D eigenvalue weighted by Crippen LogP contribution is -2.20. The quantitative estimate of drug-likeness (QED) is 0.483. The van der Waals surface area contributed by atoms with E-state index in [1.54, 1.807) is 35.7 Å². The summed E-state index contributed by atoms with van der Waals surface area (Å²) in [5, 5.41) is 16.3. The van der Waals surface area contributed by atoms with Gasteiger partial charge in [-0.3, -0.25) is 18.9 Å². The molecule has 0 aliphatic carbocycles. The van der Waals surface area contributed by atoms with Gasteiger partial charge >= 0.3 is 5.97 Å². The van der Waals surface area contributed by atoms with Crippen LogP contribution in [-0.4, -0.2) is 35.3 Å². The van der Waals surface area contributed by atoms with Gasteiger partial charge in [-0.15, -0.1) is 10.2 Å². The molecule has 0 aliphatic heterocycles. The number of aryl methyl sites for hydroxylation is 1. The number of benzene rings is 2. The maximum absolute atomic E-state index is 12.5. The number of carbonyl (C=O) groups is 1. The van der Waals surface area contributed by atoms with Crippen LogP contribution >= 0.6 is 0 Å². The molecule has 0 saturated carbocycles. The molecule has 0 amide bonds. The summed E-state index contributed by atoms with van der Waals surface area (Å²) in [6.07, 6.45) is 0. The minimum atomic E-state index is -0.566. The van der Waals surface area contributed by atoms with Crippen LogP contribution in [0.2, 0.25) is 0 Å². The zero-order valence-electron chi connectivity index (χ0n) is 14.8. The van der Waals surface area contributed by atoms with E-state index in [2.05, 4.69) is 20.4 Å². The van der Waals surface area contributed by atoms with Crippen molar-refractivity contribution in [2.24, 2.45) is 7.05 Å². The number of hydrogen-bond acceptors (Lipinski definition) is 6. The molecule has 2 aromatic carbocycles. The number of esters is 1. The van der Waals surface area contributed by atoms with E-state index in [-0.39, 0.29) is 17.9 Å². The number of aromatic amines is 1. The summed E-state index contributed by atoms with van der Waals surface area (Å²) in [5.41, 5.74) is 1.45. The van der Waals surface area contributed by atoms with Crippen LogP contribution in [0.25, 0.3) is 27.6 Å². The molecule has 0 fully saturated rings. The number of carbonyl (C=O) groups excluding carboxylic acids is 1. The summed E-state index contributed by atoms with van der Waals surface area (Å²) >= 11 is 0. The Kier molecular flexibility index (Phi) is 3.48. The molecule has 5 aromatic rings. The van der Waals surface area contributed by atoms with Crippen molar-refractivity contribution in [3.05, 3.63) is 70.4 Å². The molecule has 0 unspecified atom stereocenters. The van der Waals surface area contributed by atoms with Gasteiger partial charge in [0.05, 0.1) is 16.4 Å². The highest BCUT2D eigenvalue weighted by Crippen LogP contribution is 2.18. The Bertz CT molecular complexity index is 1430. The van der Waals surface area contributed by atoms with Crippen LogP contribution in [0.1, 0.15) is 16.3 Å². The largest absolute Gasteiger partial charge is 0.453 e. The Morgan fingerprint density at radius 3 is 2.68 bits per heavy atom. The van der Waals surface area contributed by atoms with Crippen LogP contribution < -0.4 is 5.56 Å². The molecule has 0 atom stereocenters. The van der Waals surface area contributed by atoms with E-state index in [0.29, 0.717) is 27.9 Å². The monoisotopic (exact) mass is 374 g/mol. The lowest BCUT2D eigenvalue weighted by molar-refractivity contribution is 0.0456. The third-order valence-electron chi connectivity index (χ3n) is 4.69. The fourth-order valence-corrected chi connectivity index (χ4v) is 3.30. The average Bonchev–Trinajstić information content (AvgIpc) is 3.35. The van der Waals surface area contributed by atoms with Crippen molar-refractivity contribution in [1.29, 1.82) is 0 Å². The van der Waals surface area contributed by atoms with Crippen molar-refractivity contribution in [2.75, 3.05) is 0 Å². The van der Waals surface area contributed by atoms with E-state index in [1.807, 2.05) is 24.3 Å². The lowest BCUT2D eigenvalue weighted by Gasteiger charge is -2.08. The summed E-state index contributed by atoms with van der Waals surface area (Å²) in [4.78, 5) is 25.0. The van der Waals surface area contributed by atoms with E-state index in [9.17, 15) is 9.59 Å². The molecule has 3 heterocycles. The topological polar surface area (TPSA) is 107 Å². The first-order valence-electron chi connectivity index (χ1n) is 8.57. The zero-order chi connectivity index (χ0) is 19.3. The predicted molar refractivity (Wildman–Crippen MR) is 101 cm³/mol. The van der Waals surface area contributed by atoms with Gasteiger partial charge in [0.25, 0.3) is 5.56 Å². The van der Waals surface area contributed by atoms with Gasteiger partial charge in [0.2, 0.25) is 5.78 Å². The second-order valence-corrected chi connectivity index (χ2v) is 6.33. The van der Waals surface area contributed by atoms with Crippen LogP contribution in [0.5, 0.6) is 0 Å². The molecule has 9 heteroatoms. The van der Waals surface area contributed by atoms with E-state index in [4.69, 9.17) is 4.74 Å². The number of nitrogens with one attached hydrogen (secondary N) is 1. The lowest BCUT2D eigenvalue weighted by atomic mass is 10.2. The molecule has 0 radical (unpaired) electrons. The third kappa shape index (κ3) is 2.29. The Labute approximate surface area is 157 Å². The fourth-order valence-electron chi connectivity index (χ4n) is 3.30. The number of nitrogens with zero attached hydrogens (tertiary/aromatic N) is 5. The summed E-state index contributed by atoms with van der Waals surface area (Å²) in [5.74, 6) is 0.221. The molecule has 138 valence electrons. The molecule has 3 aromatic heterocycles. The zero-order valence-corrected chi connectivity index (χ0v) is 14.8. The van der Waals surface area contributed by atoms with Crippen molar-refractivity contribution in [3.63, 3.8) is 0 Å². The Balaban J connectivity index is 1.54. The predicted octanol–water partition coefficient (Wildman–Crippen LogP) is 1.81. The molecular weight excluding hydrogens is 360 g/mol. The van der Waals surface area contributed by atoms with Crippen molar-refractivity contribution in [2.45, 2.75) is 6.61 Å². The van der Waals surface area contributed by atoms with Gasteiger partial charge in [-0.1, -0.05) is 30.3 Å². The first kappa shape index (κ1) is 16.2. The van der Waals surface area contributed by atoms with Gasteiger partial charge in [0.15, 0.2) is 18.1 Å². The first-order chi connectivity index (χ1) is 13.6. The minimum Gasteiger partial charge on any atom is -0.453 e. The Morgan fingerprint density at radius 2 is 1.82 bits per heavy atom. The Morgan fingerprint density at radius 1 is 1.07 bits per heavy atom. The number of fused-ring (bicyclic) bond motifs is 4. The second kappa shape index (κ2) is 6.02. The van der Waals surface area contributed by atoms with E-state index < -0.39 is 5.97 Å². The molecule has 1 N–H and O–H groups in total. The number of aromatic nitrogens is 6. The highest BCUT2D eigenvalue weighted by atomic mass is 16.5. The number of para-hydroxylation sites is 2. The summed E-state index contributed by atoms with van der Waals surface area (Å²) < 4.78 is 8.57. The van der Waals surface area contributed by atoms with Crippen molar-refractivity contribution in [3.8, 4) is 0 Å². The second-order valence-electron chi connectivity index (χ2n) is 6.33. The van der Waals surface area contributed by atoms with E-state index in [0.717, 1.165) is 5.52 Å². The molecule has 9 nitrogen and oxygen atoms in total. The maximum Gasteiger partial charge on any atom is 0.359 e. The van der Waals surface area contributed by atoms with Crippen LogP contribution in [0, 0.1) is 0 Å².